The van der Waals surface area contributed by atoms with Gasteiger partial charge < -0.3 is 10.4 Å². The van der Waals surface area contributed by atoms with E-state index in [2.05, 4.69) is 5.32 Å². The van der Waals surface area contributed by atoms with E-state index in [1.165, 1.54) is 6.07 Å². The van der Waals surface area contributed by atoms with Crippen molar-refractivity contribution in [2.75, 3.05) is 30.0 Å². The molecule has 0 aromatic heterocycles. The molecule has 0 fully saturated rings. The Morgan fingerprint density at radius 2 is 2.12 bits per heavy atom. The Balaban J connectivity index is 2.34. The maximum absolute atomic E-state index is 10.7. The van der Waals surface area contributed by atoms with Crippen LogP contribution in [0, 0.1) is 10.1 Å². The molecular weight excluding hydrogens is 240 g/mol. The topological polar surface area (TPSA) is 75.4 Å². The van der Waals surface area contributed by atoms with Crippen molar-refractivity contribution >= 4 is 23.1 Å². The van der Waals surface area contributed by atoms with Crippen LogP contribution in [0.3, 0.4) is 0 Å². The monoisotopic (exact) mass is 256 g/mol. The van der Waals surface area contributed by atoms with E-state index in [4.69, 9.17) is 5.11 Å². The first kappa shape index (κ1) is 13.8. The number of hydrogen-bond acceptors (Lipinski definition) is 5. The van der Waals surface area contributed by atoms with Gasteiger partial charge in [0.1, 0.15) is 5.69 Å². The molecule has 17 heavy (non-hydrogen) atoms. The Hall–Kier alpha value is -1.27. The minimum atomic E-state index is -0.388. The number of thioether (sulfide) groups is 1. The van der Waals surface area contributed by atoms with Gasteiger partial charge in [-0.25, -0.2) is 0 Å². The summed E-state index contributed by atoms with van der Waals surface area (Å²) in [5, 5.41) is 22.4. The number of anilines is 1. The zero-order valence-corrected chi connectivity index (χ0v) is 10.3. The number of hydrogen-bond donors (Lipinski definition) is 2. The molecular formula is C11H16N2O3S. The first-order valence-corrected chi connectivity index (χ1v) is 6.57. The molecule has 6 heteroatoms. The van der Waals surface area contributed by atoms with Gasteiger partial charge in [-0.2, -0.15) is 11.8 Å². The highest BCUT2D eigenvalue weighted by Gasteiger charge is 2.10. The van der Waals surface area contributed by atoms with E-state index in [-0.39, 0.29) is 17.2 Å². The van der Waals surface area contributed by atoms with Crippen LogP contribution in [-0.4, -0.2) is 34.7 Å². The molecule has 0 unspecified atom stereocenters. The van der Waals surface area contributed by atoms with Crippen LogP contribution in [0.25, 0.3) is 0 Å². The summed E-state index contributed by atoms with van der Waals surface area (Å²) in [7, 11) is 0. The molecule has 0 radical (unpaired) electrons. The smallest absolute Gasteiger partial charge is 0.292 e. The van der Waals surface area contributed by atoms with Crippen LogP contribution in [0.2, 0.25) is 0 Å². The van der Waals surface area contributed by atoms with Crippen LogP contribution < -0.4 is 5.32 Å². The Morgan fingerprint density at radius 1 is 1.35 bits per heavy atom. The summed E-state index contributed by atoms with van der Waals surface area (Å²) < 4.78 is 0. The average molecular weight is 256 g/mol. The molecule has 0 aliphatic rings. The van der Waals surface area contributed by atoms with Gasteiger partial charge in [-0.05, 0) is 18.2 Å². The third-order valence-electron chi connectivity index (χ3n) is 2.11. The average Bonchev–Trinajstić information content (AvgIpc) is 2.34. The molecule has 2 N–H and O–H groups in total. The molecule has 0 atom stereocenters. The van der Waals surface area contributed by atoms with E-state index >= 15 is 0 Å². The van der Waals surface area contributed by atoms with E-state index in [0.29, 0.717) is 12.2 Å². The van der Waals surface area contributed by atoms with Crippen molar-refractivity contribution in [3.05, 3.63) is 34.4 Å². The van der Waals surface area contributed by atoms with Gasteiger partial charge in [0.25, 0.3) is 5.69 Å². The molecule has 1 rings (SSSR count). The zero-order chi connectivity index (χ0) is 12.5. The largest absolute Gasteiger partial charge is 0.396 e. The van der Waals surface area contributed by atoms with Crippen LogP contribution in [0.1, 0.15) is 6.42 Å². The van der Waals surface area contributed by atoms with E-state index in [0.717, 1.165) is 17.9 Å². The molecule has 0 aliphatic heterocycles. The molecule has 1 aromatic carbocycles. The fourth-order valence-corrected chi connectivity index (χ4v) is 2.09. The predicted octanol–water partition coefficient (Wildman–Crippen LogP) is 2.12. The zero-order valence-electron chi connectivity index (χ0n) is 9.46. The van der Waals surface area contributed by atoms with E-state index < -0.39 is 0 Å². The summed E-state index contributed by atoms with van der Waals surface area (Å²) in [6.07, 6.45) is 0.788. The quantitative estimate of drug-likeness (QED) is 0.423. The van der Waals surface area contributed by atoms with Crippen molar-refractivity contribution in [2.45, 2.75) is 6.42 Å². The highest BCUT2D eigenvalue weighted by Crippen LogP contribution is 2.22. The standard InChI is InChI=1S/C11H16N2O3S/c14-7-3-8-17-9-6-12-10-4-1-2-5-11(10)13(15)16/h1-2,4-5,12,14H,3,6-9H2. The highest BCUT2D eigenvalue weighted by molar-refractivity contribution is 7.99. The lowest BCUT2D eigenvalue weighted by Gasteiger charge is -2.06. The molecule has 94 valence electrons. The summed E-state index contributed by atoms with van der Waals surface area (Å²) in [6.45, 7) is 0.894. The number of nitrogens with one attached hydrogen (secondary N) is 1. The number of aliphatic hydroxyl groups is 1. The first-order chi connectivity index (χ1) is 8.25. The summed E-state index contributed by atoms with van der Waals surface area (Å²) in [5.41, 5.74) is 0.660. The molecule has 0 bridgehead atoms. The van der Waals surface area contributed by atoms with E-state index in [1.54, 1.807) is 30.0 Å². The number of benzene rings is 1. The number of nitro benzene ring substituents is 1. The first-order valence-electron chi connectivity index (χ1n) is 5.41. The van der Waals surface area contributed by atoms with Gasteiger partial charge in [-0.1, -0.05) is 12.1 Å². The van der Waals surface area contributed by atoms with E-state index in [1.807, 2.05) is 0 Å². The van der Waals surface area contributed by atoms with Crippen LogP contribution in [-0.2, 0) is 0 Å². The molecule has 0 saturated carbocycles. The van der Waals surface area contributed by atoms with Gasteiger partial charge in [0.2, 0.25) is 0 Å². The van der Waals surface area contributed by atoms with Crippen molar-refractivity contribution in [1.29, 1.82) is 0 Å². The lowest BCUT2D eigenvalue weighted by molar-refractivity contribution is -0.384. The van der Waals surface area contributed by atoms with Crippen LogP contribution in [0.4, 0.5) is 11.4 Å². The third-order valence-corrected chi connectivity index (χ3v) is 3.18. The summed E-state index contributed by atoms with van der Waals surface area (Å²) in [5.74, 6) is 1.78. The molecule has 0 spiro atoms. The normalized spacial score (nSPS) is 10.2. The maximum Gasteiger partial charge on any atom is 0.292 e. The SMILES string of the molecule is O=[N+]([O-])c1ccccc1NCCSCCCO. The molecule has 0 heterocycles. The number of para-hydroxylation sites is 2. The van der Waals surface area contributed by atoms with Crippen molar-refractivity contribution in [1.82, 2.24) is 0 Å². The second-order valence-corrected chi connectivity index (χ2v) is 4.62. The van der Waals surface area contributed by atoms with E-state index in [9.17, 15) is 10.1 Å². The Kier molecular flexibility index (Phi) is 6.42. The number of aliphatic hydroxyl groups excluding tert-OH is 1. The summed E-state index contributed by atoms with van der Waals surface area (Å²) in [6, 6.07) is 6.62. The fourth-order valence-electron chi connectivity index (χ4n) is 1.31. The minimum Gasteiger partial charge on any atom is -0.396 e. The van der Waals surface area contributed by atoms with Gasteiger partial charge in [-0.15, -0.1) is 0 Å². The Labute approximate surface area is 104 Å². The van der Waals surface area contributed by atoms with Gasteiger partial charge in [0.15, 0.2) is 0 Å². The second-order valence-electron chi connectivity index (χ2n) is 3.39. The molecule has 0 aliphatic carbocycles. The van der Waals surface area contributed by atoms with Crippen LogP contribution in [0.5, 0.6) is 0 Å². The van der Waals surface area contributed by atoms with Crippen molar-refractivity contribution in [3.63, 3.8) is 0 Å². The van der Waals surface area contributed by atoms with Crippen LogP contribution in [0.15, 0.2) is 24.3 Å². The molecule has 1 aromatic rings. The molecule has 5 nitrogen and oxygen atoms in total. The Bertz CT molecular complexity index is 360. The third kappa shape index (κ3) is 5.06. The minimum absolute atomic E-state index is 0.104. The second kappa shape index (κ2) is 7.92. The maximum atomic E-state index is 10.7. The Morgan fingerprint density at radius 3 is 2.82 bits per heavy atom. The lowest BCUT2D eigenvalue weighted by atomic mass is 10.2. The molecule has 0 amide bonds. The summed E-state index contributed by atoms with van der Waals surface area (Å²) in [4.78, 5) is 10.3. The summed E-state index contributed by atoms with van der Waals surface area (Å²) >= 11 is 1.72. The predicted molar refractivity (Wildman–Crippen MR) is 70.6 cm³/mol. The van der Waals surface area contributed by atoms with Crippen molar-refractivity contribution in [2.24, 2.45) is 0 Å². The molecule has 0 saturated heterocycles. The van der Waals surface area contributed by atoms with Gasteiger partial charge in [0.05, 0.1) is 4.92 Å². The van der Waals surface area contributed by atoms with Crippen molar-refractivity contribution < 1.29 is 10.0 Å². The van der Waals surface area contributed by atoms with Gasteiger partial charge in [0, 0.05) is 25.0 Å². The number of rotatable bonds is 8. The van der Waals surface area contributed by atoms with Crippen LogP contribution >= 0.6 is 11.8 Å². The highest BCUT2D eigenvalue weighted by atomic mass is 32.2. The number of nitro groups is 1. The lowest BCUT2D eigenvalue weighted by Crippen LogP contribution is -2.06. The fraction of sp³-hybridized carbons (Fsp3) is 0.455. The number of nitrogens with zero attached hydrogens (tertiary/aromatic N) is 1. The van der Waals surface area contributed by atoms with Gasteiger partial charge >= 0.3 is 0 Å². The van der Waals surface area contributed by atoms with Crippen molar-refractivity contribution in [3.8, 4) is 0 Å². The van der Waals surface area contributed by atoms with Gasteiger partial charge in [-0.3, -0.25) is 10.1 Å².